The lowest BCUT2D eigenvalue weighted by molar-refractivity contribution is 0.156. The molecule has 18 heavy (non-hydrogen) atoms. The lowest BCUT2D eigenvalue weighted by Gasteiger charge is -2.38. The maximum Gasteiger partial charge on any atom is 0.0208 e. The fraction of sp³-hybridized carbons (Fsp3) is 0.625. The first-order valence-electron chi connectivity index (χ1n) is 7.28. The van der Waals surface area contributed by atoms with Gasteiger partial charge >= 0.3 is 0 Å². The van der Waals surface area contributed by atoms with Crippen molar-refractivity contribution in [3.63, 3.8) is 0 Å². The molecule has 1 aromatic carbocycles. The monoisotopic (exact) mass is 244 g/mol. The lowest BCUT2D eigenvalue weighted by Crippen LogP contribution is -2.37. The molecule has 0 spiro atoms. The normalized spacial score (nSPS) is 21.2. The Morgan fingerprint density at radius 2 is 2.22 bits per heavy atom. The summed E-state index contributed by atoms with van der Waals surface area (Å²) < 4.78 is 0. The van der Waals surface area contributed by atoms with Crippen molar-refractivity contribution in [1.82, 2.24) is 10.6 Å². The zero-order chi connectivity index (χ0) is 12.4. The van der Waals surface area contributed by atoms with Crippen molar-refractivity contribution in [3.05, 3.63) is 34.9 Å². The van der Waals surface area contributed by atoms with Crippen molar-refractivity contribution in [2.45, 2.75) is 45.7 Å². The van der Waals surface area contributed by atoms with Crippen molar-refractivity contribution in [1.29, 1.82) is 0 Å². The molecule has 0 unspecified atom stereocenters. The zero-order valence-corrected chi connectivity index (χ0v) is 11.4. The minimum absolute atomic E-state index is 0.580. The third-order valence-electron chi connectivity index (χ3n) is 4.67. The van der Waals surface area contributed by atoms with E-state index in [4.69, 9.17) is 0 Å². The Hall–Kier alpha value is -0.860. The van der Waals surface area contributed by atoms with Crippen molar-refractivity contribution in [2.24, 2.45) is 5.41 Å². The van der Waals surface area contributed by atoms with Gasteiger partial charge in [0.05, 0.1) is 0 Å². The molecule has 1 aliphatic heterocycles. The predicted molar refractivity (Wildman–Crippen MR) is 75.5 cm³/mol. The maximum absolute atomic E-state index is 3.67. The van der Waals surface area contributed by atoms with Gasteiger partial charge in [-0.2, -0.15) is 0 Å². The minimum atomic E-state index is 0.580. The molecule has 0 radical (unpaired) electrons. The standard InChI is InChI=1S/C16H24N2/c1-16(7-3-8-16)12-18-11-14-5-2-4-13-10-17-9-6-15(13)14/h2,4-5,17-18H,3,6-12H2,1H3. The number of rotatable bonds is 4. The van der Waals surface area contributed by atoms with Crippen LogP contribution in [0.2, 0.25) is 0 Å². The molecule has 2 N–H and O–H groups in total. The van der Waals surface area contributed by atoms with Crippen LogP contribution >= 0.6 is 0 Å². The molecule has 2 nitrogen and oxygen atoms in total. The average Bonchev–Trinajstić information content (AvgIpc) is 2.37. The summed E-state index contributed by atoms with van der Waals surface area (Å²) in [5, 5.41) is 7.12. The molecule has 1 saturated carbocycles. The van der Waals surface area contributed by atoms with E-state index < -0.39 is 0 Å². The molecule has 0 bridgehead atoms. The zero-order valence-electron chi connectivity index (χ0n) is 11.4. The summed E-state index contributed by atoms with van der Waals surface area (Å²) in [7, 11) is 0. The Morgan fingerprint density at radius 3 is 3.00 bits per heavy atom. The first-order valence-corrected chi connectivity index (χ1v) is 7.28. The lowest BCUT2D eigenvalue weighted by atomic mass is 9.70. The molecule has 0 amide bonds. The topological polar surface area (TPSA) is 24.1 Å². The SMILES string of the molecule is CC1(CNCc2cccc3c2CCNC3)CCC1. The first-order chi connectivity index (χ1) is 8.77. The van der Waals surface area contributed by atoms with E-state index >= 15 is 0 Å². The van der Waals surface area contributed by atoms with Gasteiger partial charge in [-0.1, -0.05) is 31.5 Å². The molecule has 2 aliphatic rings. The van der Waals surface area contributed by atoms with E-state index in [2.05, 4.69) is 35.8 Å². The molecule has 1 fully saturated rings. The average molecular weight is 244 g/mol. The van der Waals surface area contributed by atoms with E-state index in [1.165, 1.54) is 43.4 Å². The maximum atomic E-state index is 3.67. The number of nitrogens with one attached hydrogen (secondary N) is 2. The summed E-state index contributed by atoms with van der Waals surface area (Å²) in [4.78, 5) is 0. The second-order valence-corrected chi connectivity index (χ2v) is 6.25. The van der Waals surface area contributed by atoms with Crippen LogP contribution < -0.4 is 10.6 Å². The largest absolute Gasteiger partial charge is 0.312 e. The van der Waals surface area contributed by atoms with Crippen LogP contribution in [0.1, 0.15) is 42.9 Å². The number of fused-ring (bicyclic) bond motifs is 1. The van der Waals surface area contributed by atoms with Gasteiger partial charge in [-0.3, -0.25) is 0 Å². The predicted octanol–water partition coefficient (Wildman–Crippen LogP) is 2.61. The van der Waals surface area contributed by atoms with E-state index in [1.807, 2.05) is 0 Å². The Bertz CT molecular complexity index is 421. The van der Waals surface area contributed by atoms with Crippen molar-refractivity contribution in [2.75, 3.05) is 13.1 Å². The fourth-order valence-corrected chi connectivity index (χ4v) is 3.23. The summed E-state index contributed by atoms with van der Waals surface area (Å²) in [5.41, 5.74) is 5.17. The first kappa shape index (κ1) is 12.2. The summed E-state index contributed by atoms with van der Waals surface area (Å²) in [6, 6.07) is 6.76. The third-order valence-corrected chi connectivity index (χ3v) is 4.67. The van der Waals surface area contributed by atoms with Crippen LogP contribution in [0.3, 0.4) is 0 Å². The summed E-state index contributed by atoms with van der Waals surface area (Å²) >= 11 is 0. The molecular formula is C16H24N2. The molecular weight excluding hydrogens is 220 g/mol. The van der Waals surface area contributed by atoms with E-state index in [9.17, 15) is 0 Å². The van der Waals surface area contributed by atoms with E-state index in [0.717, 1.165) is 19.6 Å². The Balaban J connectivity index is 1.62. The van der Waals surface area contributed by atoms with Crippen LogP contribution in [0.15, 0.2) is 18.2 Å². The van der Waals surface area contributed by atoms with E-state index in [0.29, 0.717) is 5.41 Å². The number of hydrogen-bond donors (Lipinski definition) is 2. The highest BCUT2D eigenvalue weighted by Crippen LogP contribution is 2.39. The van der Waals surface area contributed by atoms with Gasteiger partial charge in [0, 0.05) is 19.6 Å². The second kappa shape index (κ2) is 5.02. The van der Waals surface area contributed by atoms with Crippen LogP contribution in [0.25, 0.3) is 0 Å². The highest BCUT2D eigenvalue weighted by Gasteiger charge is 2.30. The quantitative estimate of drug-likeness (QED) is 0.851. The molecule has 1 heterocycles. The van der Waals surface area contributed by atoms with Crippen LogP contribution in [0.4, 0.5) is 0 Å². The molecule has 1 aromatic rings. The molecule has 0 aromatic heterocycles. The van der Waals surface area contributed by atoms with Crippen LogP contribution in [0.5, 0.6) is 0 Å². The number of hydrogen-bond acceptors (Lipinski definition) is 2. The van der Waals surface area contributed by atoms with Crippen LogP contribution in [-0.4, -0.2) is 13.1 Å². The van der Waals surface area contributed by atoms with Gasteiger partial charge in [0.25, 0.3) is 0 Å². The Labute approximate surface area is 110 Å². The fourth-order valence-electron chi connectivity index (χ4n) is 3.23. The number of benzene rings is 1. The van der Waals surface area contributed by atoms with Gasteiger partial charge < -0.3 is 10.6 Å². The van der Waals surface area contributed by atoms with E-state index in [-0.39, 0.29) is 0 Å². The second-order valence-electron chi connectivity index (χ2n) is 6.25. The van der Waals surface area contributed by atoms with Gasteiger partial charge in [0.15, 0.2) is 0 Å². The molecule has 3 rings (SSSR count). The van der Waals surface area contributed by atoms with Gasteiger partial charge in [-0.15, -0.1) is 0 Å². The highest BCUT2D eigenvalue weighted by molar-refractivity contribution is 5.36. The Kier molecular flexibility index (Phi) is 3.40. The Morgan fingerprint density at radius 1 is 1.33 bits per heavy atom. The van der Waals surface area contributed by atoms with Gasteiger partial charge in [-0.25, -0.2) is 0 Å². The van der Waals surface area contributed by atoms with Crippen LogP contribution in [-0.2, 0) is 19.5 Å². The smallest absolute Gasteiger partial charge is 0.0208 e. The third kappa shape index (κ3) is 2.45. The molecule has 0 saturated heterocycles. The molecule has 98 valence electrons. The summed E-state index contributed by atoms with van der Waals surface area (Å²) in [5.74, 6) is 0. The van der Waals surface area contributed by atoms with Gasteiger partial charge in [0.2, 0.25) is 0 Å². The molecule has 2 heteroatoms. The summed E-state index contributed by atoms with van der Waals surface area (Å²) in [6.45, 7) is 6.80. The van der Waals surface area contributed by atoms with Crippen molar-refractivity contribution in [3.8, 4) is 0 Å². The van der Waals surface area contributed by atoms with E-state index in [1.54, 1.807) is 5.56 Å². The minimum Gasteiger partial charge on any atom is -0.312 e. The van der Waals surface area contributed by atoms with Crippen LogP contribution in [0, 0.1) is 5.41 Å². The van der Waals surface area contributed by atoms with Crippen molar-refractivity contribution >= 4 is 0 Å². The van der Waals surface area contributed by atoms with Gasteiger partial charge in [-0.05, 0) is 47.9 Å². The van der Waals surface area contributed by atoms with Crippen molar-refractivity contribution < 1.29 is 0 Å². The molecule has 0 atom stereocenters. The molecule has 1 aliphatic carbocycles. The highest BCUT2D eigenvalue weighted by atomic mass is 14.9. The van der Waals surface area contributed by atoms with Gasteiger partial charge in [0.1, 0.15) is 0 Å². The summed E-state index contributed by atoms with van der Waals surface area (Å²) in [6.07, 6.45) is 5.41.